The maximum Gasteiger partial charge on any atom is 0.251 e. The number of nitrogens with zero attached hydrogens (tertiary/aromatic N) is 1. The summed E-state index contributed by atoms with van der Waals surface area (Å²) < 4.78 is 25.3. The van der Waals surface area contributed by atoms with Gasteiger partial charge in [-0.05, 0) is 45.4 Å². The fourth-order valence-electron chi connectivity index (χ4n) is 1.62. The monoisotopic (exact) mass is 298 g/mol. The summed E-state index contributed by atoms with van der Waals surface area (Å²) in [6, 6.07) is 4.58. The molecule has 0 aliphatic carbocycles. The molecule has 0 unspecified atom stereocenters. The highest BCUT2D eigenvalue weighted by molar-refractivity contribution is 7.89. The maximum atomic E-state index is 12.2. The van der Waals surface area contributed by atoms with Crippen molar-refractivity contribution in [3.63, 3.8) is 0 Å². The van der Waals surface area contributed by atoms with Crippen LogP contribution in [0, 0.1) is 6.92 Å². The number of aryl methyl sites for hydroxylation is 1. The molecule has 1 aromatic rings. The quantitative estimate of drug-likeness (QED) is 0.925. The van der Waals surface area contributed by atoms with Gasteiger partial charge in [0.1, 0.15) is 0 Å². The Labute approximate surface area is 121 Å². The van der Waals surface area contributed by atoms with E-state index in [0.717, 1.165) is 9.87 Å². The molecule has 0 aromatic heterocycles. The zero-order valence-electron chi connectivity index (χ0n) is 12.8. The van der Waals surface area contributed by atoms with Crippen LogP contribution in [0.2, 0.25) is 0 Å². The molecule has 5 nitrogen and oxygen atoms in total. The first-order valence-electron chi connectivity index (χ1n) is 6.31. The molecule has 0 aliphatic rings. The van der Waals surface area contributed by atoms with Crippen LogP contribution in [0.1, 0.15) is 36.7 Å². The summed E-state index contributed by atoms with van der Waals surface area (Å²) in [4.78, 5) is 12.3. The summed E-state index contributed by atoms with van der Waals surface area (Å²) in [7, 11) is -0.615. The summed E-state index contributed by atoms with van der Waals surface area (Å²) in [5.74, 6) is -0.272. The van der Waals surface area contributed by atoms with Crippen molar-refractivity contribution in [2.45, 2.75) is 38.1 Å². The molecular formula is C14H22N2O3S. The van der Waals surface area contributed by atoms with Crippen molar-refractivity contribution in [1.29, 1.82) is 0 Å². The summed E-state index contributed by atoms with van der Waals surface area (Å²) in [6.45, 7) is 7.41. The molecule has 112 valence electrons. The highest BCUT2D eigenvalue weighted by atomic mass is 32.2. The molecule has 0 radical (unpaired) electrons. The summed E-state index contributed by atoms with van der Waals surface area (Å²) in [5, 5.41) is 2.84. The van der Waals surface area contributed by atoms with Gasteiger partial charge in [-0.2, -0.15) is 0 Å². The van der Waals surface area contributed by atoms with Gasteiger partial charge in [-0.25, -0.2) is 12.7 Å². The van der Waals surface area contributed by atoms with E-state index in [1.165, 1.54) is 26.2 Å². The molecule has 0 bridgehead atoms. The topological polar surface area (TPSA) is 66.5 Å². The lowest BCUT2D eigenvalue weighted by atomic mass is 10.0. The number of hydrogen-bond donors (Lipinski definition) is 1. The minimum atomic E-state index is -3.54. The summed E-state index contributed by atoms with van der Waals surface area (Å²) in [5.41, 5.74) is 0.743. The van der Waals surface area contributed by atoms with Crippen LogP contribution in [0.4, 0.5) is 0 Å². The molecule has 0 spiro atoms. The van der Waals surface area contributed by atoms with E-state index in [4.69, 9.17) is 0 Å². The van der Waals surface area contributed by atoms with Crippen LogP contribution in [-0.4, -0.2) is 38.3 Å². The Hall–Kier alpha value is -1.40. The SMILES string of the molecule is Cc1ccc(S(=O)(=O)N(C)C)cc1C(=O)NC(C)(C)C. The Balaban J connectivity index is 3.27. The van der Waals surface area contributed by atoms with Crippen LogP contribution in [-0.2, 0) is 10.0 Å². The Kier molecular flexibility index (Phi) is 4.61. The second-order valence-electron chi connectivity index (χ2n) is 5.97. The lowest BCUT2D eigenvalue weighted by Crippen LogP contribution is -2.41. The first kappa shape index (κ1) is 16.7. The van der Waals surface area contributed by atoms with E-state index in [1.807, 2.05) is 20.8 Å². The van der Waals surface area contributed by atoms with Crippen molar-refractivity contribution in [1.82, 2.24) is 9.62 Å². The molecule has 20 heavy (non-hydrogen) atoms. The molecular weight excluding hydrogens is 276 g/mol. The van der Waals surface area contributed by atoms with Crippen LogP contribution in [0.5, 0.6) is 0 Å². The molecule has 1 aromatic carbocycles. The molecule has 0 saturated heterocycles. The summed E-state index contributed by atoms with van der Waals surface area (Å²) >= 11 is 0. The molecule has 1 amide bonds. The van der Waals surface area contributed by atoms with Gasteiger partial charge >= 0.3 is 0 Å². The Bertz CT molecular complexity index is 614. The number of carbonyl (C=O) groups excluding carboxylic acids is 1. The Morgan fingerprint density at radius 3 is 2.20 bits per heavy atom. The van der Waals surface area contributed by atoms with Crippen molar-refractivity contribution in [3.05, 3.63) is 29.3 Å². The smallest absolute Gasteiger partial charge is 0.251 e. The molecule has 0 heterocycles. The molecule has 1 rings (SSSR count). The number of benzene rings is 1. The molecule has 1 N–H and O–H groups in total. The van der Waals surface area contributed by atoms with Gasteiger partial charge in [-0.15, -0.1) is 0 Å². The van der Waals surface area contributed by atoms with E-state index in [2.05, 4.69) is 5.32 Å². The van der Waals surface area contributed by atoms with E-state index in [1.54, 1.807) is 13.0 Å². The maximum absolute atomic E-state index is 12.2. The Morgan fingerprint density at radius 2 is 1.75 bits per heavy atom. The highest BCUT2D eigenvalue weighted by Crippen LogP contribution is 2.18. The highest BCUT2D eigenvalue weighted by Gasteiger charge is 2.22. The first-order valence-corrected chi connectivity index (χ1v) is 7.75. The van der Waals surface area contributed by atoms with Gasteiger partial charge in [0.05, 0.1) is 4.90 Å². The van der Waals surface area contributed by atoms with E-state index >= 15 is 0 Å². The Morgan fingerprint density at radius 1 is 1.20 bits per heavy atom. The minimum Gasteiger partial charge on any atom is -0.347 e. The third-order valence-corrected chi connectivity index (χ3v) is 4.53. The van der Waals surface area contributed by atoms with E-state index < -0.39 is 10.0 Å². The van der Waals surface area contributed by atoms with Crippen molar-refractivity contribution in [2.75, 3.05) is 14.1 Å². The van der Waals surface area contributed by atoms with Crippen LogP contribution in [0.15, 0.2) is 23.1 Å². The van der Waals surface area contributed by atoms with Gasteiger partial charge < -0.3 is 5.32 Å². The zero-order chi connectivity index (χ0) is 15.7. The standard InChI is InChI=1S/C14H22N2O3S/c1-10-7-8-11(20(18,19)16(5)6)9-12(10)13(17)15-14(2,3)4/h7-9H,1-6H3,(H,15,17). The number of rotatable bonds is 3. The third kappa shape index (κ3) is 3.80. The van der Waals surface area contributed by atoms with E-state index in [0.29, 0.717) is 5.56 Å². The normalized spacial score (nSPS) is 12.6. The van der Waals surface area contributed by atoms with Crippen molar-refractivity contribution < 1.29 is 13.2 Å². The zero-order valence-corrected chi connectivity index (χ0v) is 13.6. The second kappa shape index (κ2) is 5.54. The van der Waals surface area contributed by atoms with Gasteiger partial charge in [-0.1, -0.05) is 6.07 Å². The lowest BCUT2D eigenvalue weighted by molar-refractivity contribution is 0.0918. The van der Waals surface area contributed by atoms with Gasteiger partial charge in [0, 0.05) is 25.2 Å². The van der Waals surface area contributed by atoms with Gasteiger partial charge in [0.15, 0.2) is 0 Å². The number of carbonyl (C=O) groups is 1. The van der Waals surface area contributed by atoms with Gasteiger partial charge in [0.2, 0.25) is 10.0 Å². The fourth-order valence-corrected chi connectivity index (χ4v) is 2.55. The average molecular weight is 298 g/mol. The summed E-state index contributed by atoms with van der Waals surface area (Å²) in [6.07, 6.45) is 0. The minimum absolute atomic E-state index is 0.118. The molecule has 0 fully saturated rings. The largest absolute Gasteiger partial charge is 0.347 e. The molecule has 0 saturated carbocycles. The van der Waals surface area contributed by atoms with Crippen LogP contribution < -0.4 is 5.32 Å². The molecule has 0 atom stereocenters. The molecule has 0 aliphatic heterocycles. The molecule has 6 heteroatoms. The van der Waals surface area contributed by atoms with Crippen molar-refractivity contribution in [2.24, 2.45) is 0 Å². The van der Waals surface area contributed by atoms with E-state index in [-0.39, 0.29) is 16.3 Å². The second-order valence-corrected chi connectivity index (χ2v) is 8.12. The number of nitrogens with one attached hydrogen (secondary N) is 1. The van der Waals surface area contributed by atoms with Crippen LogP contribution in [0.25, 0.3) is 0 Å². The van der Waals surface area contributed by atoms with Crippen LogP contribution in [0.3, 0.4) is 0 Å². The number of hydrogen-bond acceptors (Lipinski definition) is 3. The first-order chi connectivity index (χ1) is 8.95. The fraction of sp³-hybridized carbons (Fsp3) is 0.500. The van der Waals surface area contributed by atoms with Crippen molar-refractivity contribution in [3.8, 4) is 0 Å². The van der Waals surface area contributed by atoms with Gasteiger partial charge in [0.25, 0.3) is 5.91 Å². The van der Waals surface area contributed by atoms with Gasteiger partial charge in [-0.3, -0.25) is 4.79 Å². The number of sulfonamides is 1. The predicted molar refractivity (Wildman–Crippen MR) is 79.3 cm³/mol. The number of amides is 1. The van der Waals surface area contributed by atoms with Crippen LogP contribution >= 0.6 is 0 Å². The average Bonchev–Trinajstić information content (AvgIpc) is 2.26. The van der Waals surface area contributed by atoms with E-state index in [9.17, 15) is 13.2 Å². The predicted octanol–water partition coefficient (Wildman–Crippen LogP) is 1.77. The third-order valence-electron chi connectivity index (χ3n) is 2.72. The lowest BCUT2D eigenvalue weighted by Gasteiger charge is -2.21. The van der Waals surface area contributed by atoms with Crippen molar-refractivity contribution >= 4 is 15.9 Å².